The van der Waals surface area contributed by atoms with Gasteiger partial charge in [-0.15, -0.1) is 0 Å². The summed E-state index contributed by atoms with van der Waals surface area (Å²) in [6.45, 7) is 7.68. The molecule has 0 radical (unpaired) electrons. The van der Waals surface area contributed by atoms with Gasteiger partial charge in [0, 0.05) is 61.9 Å². The second-order valence-electron chi connectivity index (χ2n) is 7.39. The molecule has 154 valence electrons. The number of piperazine rings is 1. The maximum absolute atomic E-state index is 11.2. The molecular weight excluding hydrogens is 376 g/mol. The first-order valence-corrected chi connectivity index (χ1v) is 10.1. The van der Waals surface area contributed by atoms with Crippen molar-refractivity contribution >= 4 is 28.9 Å². The number of carbonyl (C=O) groups excluding carboxylic acids is 1. The van der Waals surface area contributed by atoms with E-state index in [1.54, 1.807) is 6.20 Å². The second-order valence-corrected chi connectivity index (χ2v) is 7.39. The lowest BCUT2D eigenvalue weighted by atomic mass is 10.1. The third-order valence-electron chi connectivity index (χ3n) is 5.10. The molecule has 1 aromatic heterocycles. The van der Waals surface area contributed by atoms with Gasteiger partial charge >= 0.3 is 0 Å². The van der Waals surface area contributed by atoms with Crippen LogP contribution in [0.4, 0.5) is 23.0 Å². The summed E-state index contributed by atoms with van der Waals surface area (Å²) < 4.78 is 0. The number of carbonyl (C=O) groups is 1. The Balaban J connectivity index is 1.49. The predicted molar refractivity (Wildman–Crippen MR) is 121 cm³/mol. The molecule has 30 heavy (non-hydrogen) atoms. The standard InChI is InChI=1S/C23H26N6O/c1-16-15-20(29-13-11-24-12-14-29)7-8-21(16)27-23-25-10-9-22(28-23)18-3-5-19(6-4-18)26-17(2)30/h3-10,15,24H,11-14H2,1-2H3,(H,26,30)(H,25,27,28). The second kappa shape index (κ2) is 8.92. The average Bonchev–Trinajstić information content (AvgIpc) is 2.76. The van der Waals surface area contributed by atoms with Crippen LogP contribution < -0.4 is 20.9 Å². The Kier molecular flexibility index (Phi) is 5.90. The lowest BCUT2D eigenvalue weighted by Crippen LogP contribution is -2.43. The molecule has 1 fully saturated rings. The molecule has 1 aliphatic rings. The largest absolute Gasteiger partial charge is 0.369 e. The van der Waals surface area contributed by atoms with Crippen LogP contribution in [0.25, 0.3) is 11.3 Å². The minimum absolute atomic E-state index is 0.0883. The van der Waals surface area contributed by atoms with E-state index in [0.717, 1.165) is 54.4 Å². The van der Waals surface area contributed by atoms with Crippen LogP contribution in [-0.4, -0.2) is 42.1 Å². The molecule has 2 heterocycles. The van der Waals surface area contributed by atoms with Crippen LogP contribution in [0, 0.1) is 6.92 Å². The summed E-state index contributed by atoms with van der Waals surface area (Å²) in [5.74, 6) is 0.464. The number of benzene rings is 2. The van der Waals surface area contributed by atoms with Crippen molar-refractivity contribution in [2.45, 2.75) is 13.8 Å². The molecule has 0 saturated carbocycles. The lowest BCUT2D eigenvalue weighted by Gasteiger charge is -2.30. The summed E-state index contributed by atoms with van der Waals surface area (Å²) in [6.07, 6.45) is 1.75. The van der Waals surface area contributed by atoms with Gasteiger partial charge in [0.15, 0.2) is 0 Å². The molecular formula is C23H26N6O. The third kappa shape index (κ3) is 4.75. The quantitative estimate of drug-likeness (QED) is 0.605. The van der Waals surface area contributed by atoms with Crippen LogP contribution in [0.5, 0.6) is 0 Å². The van der Waals surface area contributed by atoms with Crippen LogP contribution in [-0.2, 0) is 4.79 Å². The van der Waals surface area contributed by atoms with Gasteiger partial charge in [0.05, 0.1) is 5.69 Å². The summed E-state index contributed by atoms with van der Waals surface area (Å²) >= 11 is 0. The van der Waals surface area contributed by atoms with E-state index in [1.807, 2.05) is 30.3 Å². The zero-order valence-corrected chi connectivity index (χ0v) is 17.3. The summed E-state index contributed by atoms with van der Waals surface area (Å²) in [7, 11) is 0. The van der Waals surface area contributed by atoms with Crippen LogP contribution in [0.3, 0.4) is 0 Å². The van der Waals surface area contributed by atoms with Crippen molar-refractivity contribution in [3.63, 3.8) is 0 Å². The Hall–Kier alpha value is -3.45. The number of hydrogen-bond donors (Lipinski definition) is 3. The first kappa shape index (κ1) is 19.8. The molecule has 0 unspecified atom stereocenters. The monoisotopic (exact) mass is 402 g/mol. The zero-order chi connectivity index (χ0) is 20.9. The van der Waals surface area contributed by atoms with Gasteiger partial charge in [0.25, 0.3) is 0 Å². The summed E-state index contributed by atoms with van der Waals surface area (Å²) in [5.41, 5.74) is 5.93. The van der Waals surface area contributed by atoms with Gasteiger partial charge in [-0.3, -0.25) is 4.79 Å². The smallest absolute Gasteiger partial charge is 0.227 e. The number of nitrogens with one attached hydrogen (secondary N) is 3. The Morgan fingerprint density at radius 1 is 1.07 bits per heavy atom. The van der Waals surface area contributed by atoms with Crippen molar-refractivity contribution in [3.8, 4) is 11.3 Å². The topological polar surface area (TPSA) is 82.2 Å². The van der Waals surface area contributed by atoms with E-state index < -0.39 is 0 Å². The molecule has 1 amide bonds. The molecule has 0 aliphatic carbocycles. The molecule has 2 aromatic carbocycles. The molecule has 3 aromatic rings. The highest BCUT2D eigenvalue weighted by molar-refractivity contribution is 5.88. The maximum Gasteiger partial charge on any atom is 0.227 e. The summed E-state index contributed by atoms with van der Waals surface area (Å²) in [6, 6.07) is 15.9. The van der Waals surface area contributed by atoms with E-state index in [4.69, 9.17) is 0 Å². The Morgan fingerprint density at radius 2 is 1.83 bits per heavy atom. The molecule has 0 spiro atoms. The van der Waals surface area contributed by atoms with E-state index in [-0.39, 0.29) is 5.91 Å². The number of aryl methyl sites for hydroxylation is 1. The van der Waals surface area contributed by atoms with Crippen molar-refractivity contribution in [2.75, 3.05) is 41.7 Å². The van der Waals surface area contributed by atoms with Crippen LogP contribution in [0.15, 0.2) is 54.7 Å². The van der Waals surface area contributed by atoms with Crippen molar-refractivity contribution in [1.82, 2.24) is 15.3 Å². The third-order valence-corrected chi connectivity index (χ3v) is 5.10. The maximum atomic E-state index is 11.2. The first-order valence-electron chi connectivity index (χ1n) is 10.1. The van der Waals surface area contributed by atoms with Gasteiger partial charge in [-0.05, 0) is 48.9 Å². The van der Waals surface area contributed by atoms with Crippen molar-refractivity contribution in [2.24, 2.45) is 0 Å². The highest BCUT2D eigenvalue weighted by Gasteiger charge is 2.12. The van der Waals surface area contributed by atoms with Crippen LogP contribution >= 0.6 is 0 Å². The highest BCUT2D eigenvalue weighted by Crippen LogP contribution is 2.26. The molecule has 7 nitrogen and oxygen atoms in total. The number of anilines is 4. The molecule has 0 atom stereocenters. The van der Waals surface area contributed by atoms with Crippen LogP contribution in [0.1, 0.15) is 12.5 Å². The molecule has 1 aliphatic heterocycles. The van der Waals surface area contributed by atoms with E-state index in [1.165, 1.54) is 12.6 Å². The average molecular weight is 403 g/mol. The number of hydrogen-bond acceptors (Lipinski definition) is 6. The molecule has 3 N–H and O–H groups in total. The first-order chi connectivity index (χ1) is 14.6. The predicted octanol–water partition coefficient (Wildman–Crippen LogP) is 3.56. The van der Waals surface area contributed by atoms with E-state index in [9.17, 15) is 4.79 Å². The molecule has 4 rings (SSSR count). The highest BCUT2D eigenvalue weighted by atomic mass is 16.1. The van der Waals surface area contributed by atoms with E-state index >= 15 is 0 Å². The van der Waals surface area contributed by atoms with Gasteiger partial charge < -0.3 is 20.9 Å². The molecule has 7 heteroatoms. The Morgan fingerprint density at radius 3 is 2.53 bits per heavy atom. The minimum Gasteiger partial charge on any atom is -0.369 e. The van der Waals surface area contributed by atoms with E-state index in [0.29, 0.717) is 5.95 Å². The fourth-order valence-electron chi connectivity index (χ4n) is 3.54. The number of amides is 1. The molecule has 1 saturated heterocycles. The minimum atomic E-state index is -0.0883. The lowest BCUT2D eigenvalue weighted by molar-refractivity contribution is -0.114. The fourth-order valence-corrected chi connectivity index (χ4v) is 3.54. The van der Waals surface area contributed by atoms with E-state index in [2.05, 4.69) is 55.9 Å². The van der Waals surface area contributed by atoms with Crippen molar-refractivity contribution < 1.29 is 4.79 Å². The Bertz CT molecular complexity index is 1030. The molecule has 0 bridgehead atoms. The van der Waals surface area contributed by atoms with Gasteiger partial charge in [-0.1, -0.05) is 12.1 Å². The number of rotatable bonds is 5. The summed E-state index contributed by atoms with van der Waals surface area (Å²) in [4.78, 5) is 22.6. The zero-order valence-electron chi connectivity index (χ0n) is 17.3. The van der Waals surface area contributed by atoms with Crippen molar-refractivity contribution in [3.05, 3.63) is 60.3 Å². The normalized spacial score (nSPS) is 13.7. The van der Waals surface area contributed by atoms with Gasteiger partial charge in [0.1, 0.15) is 0 Å². The summed E-state index contributed by atoms with van der Waals surface area (Å²) in [5, 5.41) is 9.49. The van der Waals surface area contributed by atoms with Gasteiger partial charge in [-0.2, -0.15) is 0 Å². The Labute approximate surface area is 176 Å². The van der Waals surface area contributed by atoms with Gasteiger partial charge in [-0.25, -0.2) is 9.97 Å². The van der Waals surface area contributed by atoms with Crippen LogP contribution in [0.2, 0.25) is 0 Å². The number of nitrogens with zero attached hydrogens (tertiary/aromatic N) is 3. The van der Waals surface area contributed by atoms with Crippen molar-refractivity contribution in [1.29, 1.82) is 0 Å². The van der Waals surface area contributed by atoms with Gasteiger partial charge in [0.2, 0.25) is 11.9 Å². The fraction of sp³-hybridized carbons (Fsp3) is 0.261. The number of aromatic nitrogens is 2. The SMILES string of the molecule is CC(=O)Nc1ccc(-c2ccnc(Nc3ccc(N4CCNCC4)cc3C)n2)cc1.